The van der Waals surface area contributed by atoms with Gasteiger partial charge in [0.1, 0.15) is 6.61 Å². The highest BCUT2D eigenvalue weighted by Crippen LogP contribution is 1.97. The van der Waals surface area contributed by atoms with Gasteiger partial charge in [-0.2, -0.15) is 0 Å². The van der Waals surface area contributed by atoms with Gasteiger partial charge in [-0.05, 0) is 25.7 Å². The van der Waals surface area contributed by atoms with Crippen LogP contribution in [-0.2, 0) is 19.0 Å². The smallest absolute Gasteiger partial charge is 0.302 e. The predicted molar refractivity (Wildman–Crippen MR) is 63.8 cm³/mol. The van der Waals surface area contributed by atoms with Gasteiger partial charge in [0.05, 0.1) is 6.61 Å². The second kappa shape index (κ2) is 13.4. The molecule has 0 aliphatic rings. The maximum absolute atomic E-state index is 10.4. The zero-order valence-corrected chi connectivity index (χ0v) is 10.7. The molecule has 102 valence electrons. The van der Waals surface area contributed by atoms with E-state index in [9.17, 15) is 4.79 Å². The number of rotatable bonds is 12. The largest absolute Gasteiger partial charge is 0.463 e. The number of carbonyl (C=O) groups is 1. The Morgan fingerprint density at radius 2 is 1.47 bits per heavy atom. The normalized spacial score (nSPS) is 10.5. The Morgan fingerprint density at radius 3 is 2.06 bits per heavy atom. The fourth-order valence-corrected chi connectivity index (χ4v) is 1.20. The molecule has 17 heavy (non-hydrogen) atoms. The summed E-state index contributed by atoms with van der Waals surface area (Å²) < 4.78 is 15.3. The topological polar surface area (TPSA) is 65.0 Å². The van der Waals surface area contributed by atoms with Gasteiger partial charge in [0.25, 0.3) is 0 Å². The van der Waals surface area contributed by atoms with Crippen LogP contribution in [0.1, 0.15) is 32.6 Å². The molecule has 0 bridgehead atoms. The van der Waals surface area contributed by atoms with Gasteiger partial charge in [-0.1, -0.05) is 0 Å². The van der Waals surface area contributed by atoms with Crippen molar-refractivity contribution in [2.75, 3.05) is 39.6 Å². The van der Waals surface area contributed by atoms with Crippen LogP contribution in [0.5, 0.6) is 0 Å². The molecule has 0 saturated heterocycles. The first-order valence-corrected chi connectivity index (χ1v) is 6.17. The lowest BCUT2D eigenvalue weighted by atomic mass is 10.2. The Hall–Kier alpha value is -0.650. The molecular weight excluding hydrogens is 224 g/mol. The SMILES string of the molecule is CC(=O)OCCOCCCCCOCCCO. The van der Waals surface area contributed by atoms with Crippen LogP contribution in [0.25, 0.3) is 0 Å². The molecule has 0 aliphatic heterocycles. The van der Waals surface area contributed by atoms with E-state index in [0.29, 0.717) is 32.8 Å². The first kappa shape index (κ1) is 16.4. The van der Waals surface area contributed by atoms with Crippen molar-refractivity contribution >= 4 is 5.97 Å². The van der Waals surface area contributed by atoms with Crippen molar-refractivity contribution in [3.05, 3.63) is 0 Å². The van der Waals surface area contributed by atoms with Gasteiger partial charge in [0.15, 0.2) is 0 Å². The number of carbonyl (C=O) groups excluding carboxylic acids is 1. The van der Waals surface area contributed by atoms with E-state index in [4.69, 9.17) is 19.3 Å². The Kier molecular flexibility index (Phi) is 12.9. The van der Waals surface area contributed by atoms with E-state index < -0.39 is 0 Å². The molecule has 0 aromatic heterocycles. The third-order valence-corrected chi connectivity index (χ3v) is 2.06. The number of hydrogen-bond donors (Lipinski definition) is 1. The summed E-state index contributed by atoms with van der Waals surface area (Å²) in [5.74, 6) is -0.270. The van der Waals surface area contributed by atoms with E-state index in [1.165, 1.54) is 6.92 Å². The van der Waals surface area contributed by atoms with Gasteiger partial charge < -0.3 is 19.3 Å². The van der Waals surface area contributed by atoms with Crippen LogP contribution in [0.4, 0.5) is 0 Å². The quantitative estimate of drug-likeness (QED) is 0.414. The van der Waals surface area contributed by atoms with Crippen LogP contribution in [0.15, 0.2) is 0 Å². The summed E-state index contributed by atoms with van der Waals surface area (Å²) >= 11 is 0. The highest BCUT2D eigenvalue weighted by atomic mass is 16.6. The maximum Gasteiger partial charge on any atom is 0.302 e. The molecule has 0 atom stereocenters. The van der Waals surface area contributed by atoms with E-state index in [1.807, 2.05) is 0 Å². The maximum atomic E-state index is 10.4. The summed E-state index contributed by atoms with van der Waals surface area (Å²) in [4.78, 5) is 10.4. The lowest BCUT2D eigenvalue weighted by molar-refractivity contribution is -0.142. The highest BCUT2D eigenvalue weighted by molar-refractivity contribution is 5.65. The van der Waals surface area contributed by atoms with Gasteiger partial charge in [-0.3, -0.25) is 4.79 Å². The fraction of sp³-hybridized carbons (Fsp3) is 0.917. The molecule has 0 aliphatic carbocycles. The molecule has 5 heteroatoms. The van der Waals surface area contributed by atoms with Crippen molar-refractivity contribution in [2.45, 2.75) is 32.6 Å². The predicted octanol–water partition coefficient (Wildman–Crippen LogP) is 1.14. The first-order chi connectivity index (χ1) is 8.27. The van der Waals surface area contributed by atoms with E-state index in [-0.39, 0.29) is 12.6 Å². The van der Waals surface area contributed by atoms with E-state index in [2.05, 4.69) is 0 Å². The molecule has 0 unspecified atom stereocenters. The Morgan fingerprint density at radius 1 is 0.882 bits per heavy atom. The molecular formula is C12H24O5. The van der Waals surface area contributed by atoms with Crippen LogP contribution in [-0.4, -0.2) is 50.7 Å². The number of aliphatic hydroxyl groups is 1. The second-order valence-electron chi connectivity index (χ2n) is 3.70. The van der Waals surface area contributed by atoms with Crippen LogP contribution < -0.4 is 0 Å². The summed E-state index contributed by atoms with van der Waals surface area (Å²) in [6.07, 6.45) is 3.77. The molecule has 5 nitrogen and oxygen atoms in total. The Bertz CT molecular complexity index is 172. The minimum atomic E-state index is -0.270. The fourth-order valence-electron chi connectivity index (χ4n) is 1.20. The lowest BCUT2D eigenvalue weighted by Crippen LogP contribution is -2.08. The molecule has 0 spiro atoms. The van der Waals surface area contributed by atoms with Gasteiger partial charge in [0, 0.05) is 33.4 Å². The summed E-state index contributed by atoms with van der Waals surface area (Å²) in [5, 5.41) is 8.52. The van der Waals surface area contributed by atoms with Crippen LogP contribution >= 0.6 is 0 Å². The summed E-state index contributed by atoms with van der Waals surface area (Å²) in [6, 6.07) is 0. The molecule has 0 fully saturated rings. The molecule has 0 radical (unpaired) electrons. The van der Waals surface area contributed by atoms with E-state index in [0.717, 1.165) is 25.9 Å². The Balaban J connectivity index is 2.91. The van der Waals surface area contributed by atoms with Gasteiger partial charge >= 0.3 is 5.97 Å². The van der Waals surface area contributed by atoms with E-state index >= 15 is 0 Å². The van der Waals surface area contributed by atoms with Crippen LogP contribution in [0.3, 0.4) is 0 Å². The van der Waals surface area contributed by atoms with Gasteiger partial charge in [-0.25, -0.2) is 0 Å². The first-order valence-electron chi connectivity index (χ1n) is 6.17. The zero-order valence-electron chi connectivity index (χ0n) is 10.7. The molecule has 0 saturated carbocycles. The second-order valence-corrected chi connectivity index (χ2v) is 3.70. The molecule has 0 heterocycles. The summed E-state index contributed by atoms with van der Waals surface area (Å²) in [5.41, 5.74) is 0. The minimum Gasteiger partial charge on any atom is -0.463 e. The number of aliphatic hydroxyl groups excluding tert-OH is 1. The monoisotopic (exact) mass is 248 g/mol. The number of hydrogen-bond acceptors (Lipinski definition) is 5. The summed E-state index contributed by atoms with van der Waals surface area (Å²) in [7, 11) is 0. The van der Waals surface area contributed by atoms with Crippen LogP contribution in [0.2, 0.25) is 0 Å². The molecule has 1 N–H and O–H groups in total. The average molecular weight is 248 g/mol. The van der Waals surface area contributed by atoms with Crippen molar-refractivity contribution in [2.24, 2.45) is 0 Å². The van der Waals surface area contributed by atoms with Crippen molar-refractivity contribution in [3.63, 3.8) is 0 Å². The minimum absolute atomic E-state index is 0.191. The highest BCUT2D eigenvalue weighted by Gasteiger charge is 1.94. The number of esters is 1. The molecule has 0 rings (SSSR count). The number of ether oxygens (including phenoxy) is 3. The van der Waals surface area contributed by atoms with Crippen molar-refractivity contribution in [1.82, 2.24) is 0 Å². The molecule has 0 aromatic rings. The molecule has 0 amide bonds. The third-order valence-electron chi connectivity index (χ3n) is 2.06. The van der Waals surface area contributed by atoms with Gasteiger partial charge in [-0.15, -0.1) is 0 Å². The lowest BCUT2D eigenvalue weighted by Gasteiger charge is -2.05. The average Bonchev–Trinajstić information content (AvgIpc) is 2.30. The van der Waals surface area contributed by atoms with Crippen LogP contribution in [0, 0.1) is 0 Å². The third kappa shape index (κ3) is 15.4. The van der Waals surface area contributed by atoms with E-state index in [1.54, 1.807) is 0 Å². The summed E-state index contributed by atoms with van der Waals surface area (Å²) in [6.45, 7) is 4.44. The van der Waals surface area contributed by atoms with Crippen molar-refractivity contribution in [3.8, 4) is 0 Å². The zero-order chi connectivity index (χ0) is 12.8. The molecule has 0 aromatic carbocycles. The van der Waals surface area contributed by atoms with Crippen molar-refractivity contribution < 1.29 is 24.1 Å². The Labute approximate surface area is 103 Å². The standard InChI is InChI=1S/C12H24O5/c1-12(14)17-11-10-16-8-4-2-3-7-15-9-5-6-13/h13H,2-11H2,1H3. The number of unbranched alkanes of at least 4 members (excludes halogenated alkanes) is 2. The van der Waals surface area contributed by atoms with Crippen molar-refractivity contribution in [1.29, 1.82) is 0 Å². The van der Waals surface area contributed by atoms with Gasteiger partial charge in [0.2, 0.25) is 0 Å².